The summed E-state index contributed by atoms with van der Waals surface area (Å²) in [5, 5.41) is 0. The Morgan fingerprint density at radius 3 is 1.39 bits per heavy atom. The highest BCUT2D eigenvalue weighted by Crippen LogP contribution is 2.30. The maximum absolute atomic E-state index is 5.63. The second-order valence-corrected chi connectivity index (χ2v) is 6.73. The molecule has 0 aromatic heterocycles. The summed E-state index contributed by atoms with van der Waals surface area (Å²) >= 11 is 13.0. The van der Waals surface area contributed by atoms with E-state index in [2.05, 4.69) is 24.3 Å². The van der Waals surface area contributed by atoms with Crippen molar-refractivity contribution >= 4 is 35.0 Å². The van der Waals surface area contributed by atoms with Crippen LogP contribution in [0.5, 0.6) is 11.5 Å². The molecule has 0 aliphatic carbocycles. The van der Waals surface area contributed by atoms with Gasteiger partial charge in [0.25, 0.3) is 0 Å². The van der Waals surface area contributed by atoms with E-state index in [0.717, 1.165) is 24.3 Å². The summed E-state index contributed by atoms with van der Waals surface area (Å²) in [4.78, 5) is 2.34. The first-order valence-electron chi connectivity index (χ1n) is 7.57. The van der Waals surface area contributed by atoms with E-state index in [1.807, 2.05) is 24.3 Å². The highest BCUT2D eigenvalue weighted by molar-refractivity contribution is 7.99. The van der Waals surface area contributed by atoms with Crippen molar-refractivity contribution in [3.8, 4) is 11.5 Å². The zero-order valence-corrected chi connectivity index (χ0v) is 15.2. The lowest BCUT2D eigenvalue weighted by Gasteiger charge is -2.08. The Balaban J connectivity index is 1.84. The van der Waals surface area contributed by atoms with Crippen LogP contribution >= 0.6 is 35.0 Å². The fourth-order valence-corrected chi connectivity index (χ4v) is 2.87. The van der Waals surface area contributed by atoms with Gasteiger partial charge < -0.3 is 9.47 Å². The van der Waals surface area contributed by atoms with Gasteiger partial charge in [-0.3, -0.25) is 0 Å². The Labute approximate surface area is 152 Å². The van der Waals surface area contributed by atoms with Crippen LogP contribution in [0.2, 0.25) is 0 Å². The van der Waals surface area contributed by atoms with E-state index in [0.29, 0.717) is 25.0 Å². The van der Waals surface area contributed by atoms with Gasteiger partial charge in [-0.25, -0.2) is 0 Å². The number of halogens is 2. The van der Waals surface area contributed by atoms with Crippen LogP contribution in [0.1, 0.15) is 12.8 Å². The van der Waals surface area contributed by atoms with Crippen LogP contribution < -0.4 is 9.47 Å². The molecule has 0 unspecified atom stereocenters. The smallest absolute Gasteiger partial charge is 0.119 e. The Bertz CT molecular complexity index is 507. The predicted molar refractivity (Wildman–Crippen MR) is 98.7 cm³/mol. The fraction of sp³-hybridized carbons (Fsp3) is 0.333. The van der Waals surface area contributed by atoms with Crippen LogP contribution in [0.25, 0.3) is 0 Å². The van der Waals surface area contributed by atoms with E-state index < -0.39 is 0 Å². The van der Waals surface area contributed by atoms with E-state index in [-0.39, 0.29) is 0 Å². The molecule has 0 radical (unpaired) electrons. The second kappa shape index (κ2) is 10.7. The van der Waals surface area contributed by atoms with Crippen molar-refractivity contribution in [2.45, 2.75) is 22.6 Å². The molecule has 2 nitrogen and oxygen atoms in total. The van der Waals surface area contributed by atoms with Gasteiger partial charge >= 0.3 is 0 Å². The summed E-state index contributed by atoms with van der Waals surface area (Å²) in [6, 6.07) is 16.2. The zero-order valence-electron chi connectivity index (χ0n) is 12.8. The van der Waals surface area contributed by atoms with Gasteiger partial charge in [0.15, 0.2) is 0 Å². The lowest BCUT2D eigenvalue weighted by atomic mass is 10.3. The molecule has 0 spiro atoms. The maximum Gasteiger partial charge on any atom is 0.119 e. The van der Waals surface area contributed by atoms with Gasteiger partial charge in [0.1, 0.15) is 11.5 Å². The van der Waals surface area contributed by atoms with Crippen LogP contribution in [-0.2, 0) is 0 Å². The van der Waals surface area contributed by atoms with Crippen molar-refractivity contribution < 1.29 is 9.47 Å². The molecule has 0 fully saturated rings. The Morgan fingerprint density at radius 1 is 0.652 bits per heavy atom. The number of benzene rings is 2. The van der Waals surface area contributed by atoms with Crippen molar-refractivity contribution in [2.24, 2.45) is 0 Å². The largest absolute Gasteiger partial charge is 0.494 e. The van der Waals surface area contributed by atoms with Crippen molar-refractivity contribution in [2.75, 3.05) is 25.0 Å². The lowest BCUT2D eigenvalue weighted by Crippen LogP contribution is -1.97. The zero-order chi connectivity index (χ0) is 16.3. The molecular formula is C18H20Cl2O2S. The molecule has 0 saturated carbocycles. The fourth-order valence-electron chi connectivity index (χ4n) is 1.83. The molecule has 5 heteroatoms. The monoisotopic (exact) mass is 370 g/mol. The minimum absolute atomic E-state index is 0.625. The van der Waals surface area contributed by atoms with Crippen molar-refractivity contribution in [3.05, 3.63) is 48.5 Å². The summed E-state index contributed by atoms with van der Waals surface area (Å²) in [6.45, 7) is 1.31. The molecule has 0 bridgehead atoms. The molecule has 0 aliphatic rings. The van der Waals surface area contributed by atoms with E-state index in [4.69, 9.17) is 32.7 Å². The van der Waals surface area contributed by atoms with Crippen LogP contribution in [0, 0.1) is 0 Å². The third-order valence-corrected chi connectivity index (χ3v) is 4.53. The van der Waals surface area contributed by atoms with Crippen LogP contribution in [-0.4, -0.2) is 25.0 Å². The molecule has 124 valence electrons. The minimum atomic E-state index is 0.625. The Morgan fingerprint density at radius 2 is 1.04 bits per heavy atom. The van der Waals surface area contributed by atoms with Crippen molar-refractivity contribution in [1.29, 1.82) is 0 Å². The molecule has 0 saturated heterocycles. The minimum Gasteiger partial charge on any atom is -0.494 e. The summed E-state index contributed by atoms with van der Waals surface area (Å²) in [7, 11) is 0. The number of hydrogen-bond acceptors (Lipinski definition) is 3. The van der Waals surface area contributed by atoms with Gasteiger partial charge in [-0.2, -0.15) is 0 Å². The molecule has 0 heterocycles. The average molecular weight is 371 g/mol. The van der Waals surface area contributed by atoms with Crippen LogP contribution in [0.4, 0.5) is 0 Å². The molecule has 0 amide bonds. The Hall–Kier alpha value is -1.03. The van der Waals surface area contributed by atoms with Crippen LogP contribution in [0.15, 0.2) is 58.3 Å². The van der Waals surface area contributed by atoms with Gasteiger partial charge in [-0.1, -0.05) is 11.8 Å². The third-order valence-electron chi connectivity index (χ3n) is 2.98. The highest BCUT2D eigenvalue weighted by atomic mass is 35.5. The number of ether oxygens (including phenoxy) is 2. The molecule has 0 atom stereocenters. The first-order chi connectivity index (χ1) is 11.3. The van der Waals surface area contributed by atoms with E-state index in [1.54, 1.807) is 11.8 Å². The standard InChI is InChI=1S/C18H20Cl2O2S/c19-11-1-13-21-15-3-7-17(8-4-15)23-18-9-5-16(6-10-18)22-14-2-12-20/h3-10H,1-2,11-14H2. The van der Waals surface area contributed by atoms with Gasteiger partial charge in [-0.05, 0) is 61.4 Å². The number of hydrogen-bond donors (Lipinski definition) is 0. The molecule has 0 N–H and O–H groups in total. The van der Waals surface area contributed by atoms with Gasteiger partial charge in [0, 0.05) is 21.6 Å². The molecule has 0 aliphatic heterocycles. The predicted octanol–water partition coefficient (Wildman–Crippen LogP) is 5.85. The summed E-state index contributed by atoms with van der Waals surface area (Å²) in [5.41, 5.74) is 0. The summed E-state index contributed by atoms with van der Waals surface area (Å²) < 4.78 is 11.2. The molecule has 2 aromatic rings. The SMILES string of the molecule is ClCCCOc1ccc(Sc2ccc(OCCCCl)cc2)cc1. The second-order valence-electron chi connectivity index (χ2n) is 4.83. The van der Waals surface area contributed by atoms with Crippen LogP contribution in [0.3, 0.4) is 0 Å². The molecule has 2 rings (SSSR count). The van der Waals surface area contributed by atoms with Gasteiger partial charge in [0.2, 0.25) is 0 Å². The molecular weight excluding hydrogens is 351 g/mol. The topological polar surface area (TPSA) is 18.5 Å². The third kappa shape index (κ3) is 6.94. The normalized spacial score (nSPS) is 10.5. The number of alkyl halides is 2. The summed E-state index contributed by atoms with van der Waals surface area (Å²) in [5.74, 6) is 3.00. The maximum atomic E-state index is 5.63. The first-order valence-corrected chi connectivity index (χ1v) is 9.46. The van der Waals surface area contributed by atoms with E-state index in [9.17, 15) is 0 Å². The lowest BCUT2D eigenvalue weighted by molar-refractivity contribution is 0.318. The molecule has 2 aromatic carbocycles. The highest BCUT2D eigenvalue weighted by Gasteiger charge is 2.00. The number of rotatable bonds is 10. The average Bonchev–Trinajstić information content (AvgIpc) is 2.58. The summed E-state index contributed by atoms with van der Waals surface area (Å²) in [6.07, 6.45) is 1.72. The Kier molecular flexibility index (Phi) is 8.51. The van der Waals surface area contributed by atoms with Crippen molar-refractivity contribution in [1.82, 2.24) is 0 Å². The van der Waals surface area contributed by atoms with E-state index in [1.165, 1.54) is 9.79 Å². The quantitative estimate of drug-likeness (QED) is 0.385. The van der Waals surface area contributed by atoms with Gasteiger partial charge in [-0.15, -0.1) is 23.2 Å². The molecule has 23 heavy (non-hydrogen) atoms. The van der Waals surface area contributed by atoms with Crippen molar-refractivity contribution in [3.63, 3.8) is 0 Å². The van der Waals surface area contributed by atoms with Gasteiger partial charge in [0.05, 0.1) is 13.2 Å². The first kappa shape index (κ1) is 18.3. The van der Waals surface area contributed by atoms with E-state index >= 15 is 0 Å².